The highest BCUT2D eigenvalue weighted by molar-refractivity contribution is 6.91. The van der Waals surface area contributed by atoms with Gasteiger partial charge in [0.25, 0.3) is 0 Å². The van der Waals surface area contributed by atoms with E-state index in [4.69, 9.17) is 9.47 Å². The zero-order valence-corrected chi connectivity index (χ0v) is 14.6. The van der Waals surface area contributed by atoms with Crippen LogP contribution in [0.1, 0.15) is 11.1 Å². The summed E-state index contributed by atoms with van der Waals surface area (Å²) in [4.78, 5) is 0. The monoisotopic (exact) mass is 312 g/mol. The molecule has 2 nitrogen and oxygen atoms in total. The SMILES string of the molecule is C=C[C@@H](c1cccc(OCOC)c1)[Si](C)(C)c1ccccc1. The Balaban J connectivity index is 2.33. The van der Waals surface area contributed by atoms with Crippen molar-refractivity contribution in [1.29, 1.82) is 0 Å². The molecule has 0 radical (unpaired) electrons. The van der Waals surface area contributed by atoms with Crippen molar-refractivity contribution < 1.29 is 9.47 Å². The molecule has 0 fully saturated rings. The van der Waals surface area contributed by atoms with E-state index in [-0.39, 0.29) is 6.79 Å². The quantitative estimate of drug-likeness (QED) is 0.435. The van der Waals surface area contributed by atoms with Crippen LogP contribution in [-0.2, 0) is 4.74 Å². The molecule has 22 heavy (non-hydrogen) atoms. The van der Waals surface area contributed by atoms with E-state index in [0.29, 0.717) is 5.54 Å². The Morgan fingerprint density at radius 2 is 1.82 bits per heavy atom. The molecule has 0 aliphatic heterocycles. The standard InChI is InChI=1S/C19H24O2Si/c1-5-19(22(3,4)18-12-7-6-8-13-18)16-10-9-11-17(14-16)21-15-20-2/h5-14,19H,1,15H2,2-4H3/t19-/m0/s1. The van der Waals surface area contributed by atoms with Gasteiger partial charge in [0.1, 0.15) is 5.75 Å². The maximum Gasteiger partial charge on any atom is 0.188 e. The molecule has 3 heteroatoms. The molecule has 2 aromatic carbocycles. The van der Waals surface area contributed by atoms with Crippen LogP contribution in [0.4, 0.5) is 0 Å². The molecular weight excluding hydrogens is 288 g/mol. The van der Waals surface area contributed by atoms with Gasteiger partial charge in [0.2, 0.25) is 0 Å². The van der Waals surface area contributed by atoms with Gasteiger partial charge in [-0.2, -0.15) is 0 Å². The van der Waals surface area contributed by atoms with Gasteiger partial charge < -0.3 is 9.47 Å². The van der Waals surface area contributed by atoms with Gasteiger partial charge >= 0.3 is 0 Å². The highest BCUT2D eigenvalue weighted by atomic mass is 28.3. The minimum absolute atomic E-state index is 0.266. The van der Waals surface area contributed by atoms with E-state index < -0.39 is 8.07 Å². The van der Waals surface area contributed by atoms with Crippen LogP contribution in [0, 0.1) is 0 Å². The first-order chi connectivity index (χ1) is 10.6. The fourth-order valence-electron chi connectivity index (χ4n) is 2.82. The molecule has 0 amide bonds. The van der Waals surface area contributed by atoms with E-state index in [0.717, 1.165) is 5.75 Å². The third-order valence-corrected chi connectivity index (χ3v) is 8.04. The number of ether oxygens (including phenoxy) is 2. The molecule has 2 rings (SSSR count). The first-order valence-corrected chi connectivity index (χ1v) is 10.6. The molecule has 0 aromatic heterocycles. The van der Waals surface area contributed by atoms with Crippen LogP contribution in [-0.4, -0.2) is 22.0 Å². The molecular formula is C19H24O2Si. The number of methoxy groups -OCH3 is 1. The van der Waals surface area contributed by atoms with E-state index in [1.807, 2.05) is 12.1 Å². The molecule has 0 saturated heterocycles. The smallest absolute Gasteiger partial charge is 0.188 e. The second-order valence-corrected chi connectivity index (χ2v) is 10.6. The predicted octanol–water partition coefficient (Wildman–Crippen LogP) is 4.09. The first kappa shape index (κ1) is 16.5. The average Bonchev–Trinajstić information content (AvgIpc) is 2.54. The van der Waals surface area contributed by atoms with Gasteiger partial charge in [-0.3, -0.25) is 0 Å². The zero-order chi connectivity index (χ0) is 16.0. The maximum atomic E-state index is 5.57. The molecule has 0 saturated carbocycles. The molecule has 0 spiro atoms. The van der Waals surface area contributed by atoms with Crippen molar-refractivity contribution in [1.82, 2.24) is 0 Å². The second kappa shape index (κ2) is 7.43. The van der Waals surface area contributed by atoms with Gasteiger partial charge in [-0.25, -0.2) is 0 Å². The molecule has 2 aromatic rings. The van der Waals surface area contributed by atoms with Crippen LogP contribution in [0.25, 0.3) is 0 Å². The number of benzene rings is 2. The summed E-state index contributed by atoms with van der Waals surface area (Å²) in [6.07, 6.45) is 2.08. The van der Waals surface area contributed by atoms with Gasteiger partial charge in [0, 0.05) is 12.7 Å². The average molecular weight is 312 g/mol. The predicted molar refractivity (Wildman–Crippen MR) is 95.4 cm³/mol. The minimum atomic E-state index is -1.71. The van der Waals surface area contributed by atoms with E-state index in [1.165, 1.54) is 10.8 Å². The number of rotatable bonds is 7. The summed E-state index contributed by atoms with van der Waals surface area (Å²) in [5, 5.41) is 1.43. The van der Waals surface area contributed by atoms with Crippen LogP contribution in [0.3, 0.4) is 0 Å². The van der Waals surface area contributed by atoms with Crippen molar-refractivity contribution in [3.8, 4) is 5.75 Å². The van der Waals surface area contributed by atoms with Crippen molar-refractivity contribution in [3.63, 3.8) is 0 Å². The Morgan fingerprint density at radius 3 is 2.45 bits per heavy atom. The Morgan fingerprint density at radius 1 is 1.09 bits per heavy atom. The summed E-state index contributed by atoms with van der Waals surface area (Å²) < 4.78 is 10.5. The molecule has 0 aliphatic rings. The summed E-state index contributed by atoms with van der Waals surface area (Å²) in [6.45, 7) is 9.13. The van der Waals surface area contributed by atoms with Crippen LogP contribution in [0.15, 0.2) is 67.3 Å². The molecule has 0 aliphatic carbocycles. The number of allylic oxidation sites excluding steroid dienone is 1. The van der Waals surface area contributed by atoms with Crippen molar-refractivity contribution in [2.45, 2.75) is 18.6 Å². The summed E-state index contributed by atoms with van der Waals surface area (Å²) in [6, 6.07) is 19.0. The van der Waals surface area contributed by atoms with Gasteiger partial charge in [-0.1, -0.05) is 66.8 Å². The van der Waals surface area contributed by atoms with Crippen LogP contribution in [0.2, 0.25) is 13.1 Å². The third-order valence-electron chi connectivity index (χ3n) is 4.09. The number of hydrogen-bond donors (Lipinski definition) is 0. The Bertz CT molecular complexity index is 608. The summed E-state index contributed by atoms with van der Waals surface area (Å²) >= 11 is 0. The van der Waals surface area contributed by atoms with Crippen molar-refractivity contribution in [2.75, 3.05) is 13.9 Å². The van der Waals surface area contributed by atoms with Crippen LogP contribution in [0.5, 0.6) is 5.75 Å². The fraction of sp³-hybridized carbons (Fsp3) is 0.263. The molecule has 0 N–H and O–H groups in total. The fourth-order valence-corrected chi connectivity index (χ4v) is 5.83. The van der Waals surface area contributed by atoms with Gasteiger partial charge in [0.15, 0.2) is 6.79 Å². The zero-order valence-electron chi connectivity index (χ0n) is 13.6. The van der Waals surface area contributed by atoms with Crippen molar-refractivity contribution in [2.24, 2.45) is 0 Å². The lowest BCUT2D eigenvalue weighted by molar-refractivity contribution is 0.0511. The maximum absolute atomic E-state index is 5.57. The van der Waals surface area contributed by atoms with Gasteiger partial charge in [-0.15, -0.1) is 6.58 Å². The Labute approximate surface area is 134 Å². The second-order valence-electron chi connectivity index (χ2n) is 5.92. The summed E-state index contributed by atoms with van der Waals surface area (Å²) in [7, 11) is -0.0819. The van der Waals surface area contributed by atoms with Gasteiger partial charge in [0.05, 0.1) is 8.07 Å². The van der Waals surface area contributed by atoms with E-state index in [9.17, 15) is 0 Å². The van der Waals surface area contributed by atoms with Crippen LogP contribution < -0.4 is 9.92 Å². The lowest BCUT2D eigenvalue weighted by atomic mass is 10.1. The van der Waals surface area contributed by atoms with Gasteiger partial charge in [-0.05, 0) is 17.7 Å². The van der Waals surface area contributed by atoms with Crippen molar-refractivity contribution >= 4 is 13.3 Å². The largest absolute Gasteiger partial charge is 0.468 e. The van der Waals surface area contributed by atoms with E-state index in [2.05, 4.69) is 68.2 Å². The summed E-state index contributed by atoms with van der Waals surface area (Å²) in [5.41, 5.74) is 1.59. The topological polar surface area (TPSA) is 18.5 Å². The minimum Gasteiger partial charge on any atom is -0.468 e. The Kier molecular flexibility index (Phi) is 5.58. The van der Waals surface area contributed by atoms with E-state index in [1.54, 1.807) is 7.11 Å². The summed E-state index contributed by atoms with van der Waals surface area (Å²) in [5.74, 6) is 0.837. The lowest BCUT2D eigenvalue weighted by Crippen LogP contribution is -2.46. The molecule has 0 bridgehead atoms. The Hall–Kier alpha value is -1.84. The van der Waals surface area contributed by atoms with Crippen molar-refractivity contribution in [3.05, 3.63) is 72.8 Å². The molecule has 1 atom stereocenters. The highest BCUT2D eigenvalue weighted by Gasteiger charge is 2.32. The molecule has 116 valence electrons. The molecule has 0 heterocycles. The van der Waals surface area contributed by atoms with E-state index >= 15 is 0 Å². The lowest BCUT2D eigenvalue weighted by Gasteiger charge is -2.31. The van der Waals surface area contributed by atoms with Crippen LogP contribution >= 0.6 is 0 Å². The normalized spacial score (nSPS) is 12.7. The highest BCUT2D eigenvalue weighted by Crippen LogP contribution is 2.30. The third kappa shape index (κ3) is 3.67. The molecule has 0 unspecified atom stereocenters. The number of hydrogen-bond acceptors (Lipinski definition) is 2. The first-order valence-electron chi connectivity index (χ1n) is 7.49.